The van der Waals surface area contributed by atoms with Crippen LogP contribution in [0.4, 0.5) is 11.4 Å². The molecule has 0 aliphatic carbocycles. The van der Waals surface area contributed by atoms with Crippen LogP contribution in [0.2, 0.25) is 0 Å². The number of methoxy groups -OCH3 is 1. The van der Waals surface area contributed by atoms with Crippen LogP contribution in [-0.2, 0) is 16.1 Å². The van der Waals surface area contributed by atoms with E-state index in [0.29, 0.717) is 18.0 Å². The second-order valence-corrected chi connectivity index (χ2v) is 7.23. The van der Waals surface area contributed by atoms with Gasteiger partial charge in [0.1, 0.15) is 5.75 Å². The van der Waals surface area contributed by atoms with Crippen molar-refractivity contribution in [3.05, 3.63) is 54.1 Å². The number of hydrogen-bond acceptors (Lipinski definition) is 4. The van der Waals surface area contributed by atoms with Crippen molar-refractivity contribution < 1.29 is 14.3 Å². The first-order valence-electron chi connectivity index (χ1n) is 10.1. The van der Waals surface area contributed by atoms with E-state index >= 15 is 0 Å². The zero-order chi connectivity index (χ0) is 20.8. The van der Waals surface area contributed by atoms with Gasteiger partial charge in [0.25, 0.3) is 0 Å². The van der Waals surface area contributed by atoms with Gasteiger partial charge in [0.2, 0.25) is 11.8 Å². The van der Waals surface area contributed by atoms with Gasteiger partial charge in [-0.05, 0) is 42.9 Å². The Labute approximate surface area is 172 Å². The molecule has 1 atom stereocenters. The highest BCUT2D eigenvalue weighted by Gasteiger charge is 2.36. The standard InChI is InChI=1S/C23H29N3O3/c1-4-25(5-2)15-17-9-8-10-19(13-17)24-23(28)18-14-22(27)26(16-18)20-11-6-7-12-21(20)29-3/h6-13,18H,4-5,14-16H2,1-3H3,(H,24,28). The van der Waals surface area contributed by atoms with Crippen LogP contribution in [0.25, 0.3) is 0 Å². The molecule has 0 bridgehead atoms. The van der Waals surface area contributed by atoms with Crippen molar-refractivity contribution in [3.8, 4) is 5.75 Å². The third-order valence-electron chi connectivity index (χ3n) is 5.37. The van der Waals surface area contributed by atoms with Crippen LogP contribution in [0.5, 0.6) is 5.75 Å². The number of carbonyl (C=O) groups excluding carboxylic acids is 2. The maximum Gasteiger partial charge on any atom is 0.229 e. The lowest BCUT2D eigenvalue weighted by molar-refractivity contribution is -0.122. The summed E-state index contributed by atoms with van der Waals surface area (Å²) in [7, 11) is 1.58. The highest BCUT2D eigenvalue weighted by molar-refractivity contribution is 6.04. The van der Waals surface area contributed by atoms with Gasteiger partial charge in [-0.1, -0.05) is 38.1 Å². The number of anilines is 2. The van der Waals surface area contributed by atoms with Crippen molar-refractivity contribution in [2.45, 2.75) is 26.8 Å². The van der Waals surface area contributed by atoms with Crippen LogP contribution in [-0.4, -0.2) is 43.5 Å². The van der Waals surface area contributed by atoms with E-state index in [9.17, 15) is 9.59 Å². The van der Waals surface area contributed by atoms with E-state index in [-0.39, 0.29) is 24.2 Å². The number of amides is 2. The fraction of sp³-hybridized carbons (Fsp3) is 0.391. The molecule has 1 saturated heterocycles. The molecule has 3 rings (SSSR count). The summed E-state index contributed by atoms with van der Waals surface area (Å²) in [4.78, 5) is 29.3. The normalized spacial score (nSPS) is 16.3. The summed E-state index contributed by atoms with van der Waals surface area (Å²) in [6.45, 7) is 7.44. The van der Waals surface area contributed by atoms with Gasteiger partial charge in [-0.15, -0.1) is 0 Å². The number of carbonyl (C=O) groups is 2. The molecule has 1 aliphatic heterocycles. The van der Waals surface area contributed by atoms with E-state index in [1.807, 2.05) is 42.5 Å². The molecule has 6 nitrogen and oxygen atoms in total. The van der Waals surface area contributed by atoms with Crippen molar-refractivity contribution in [3.63, 3.8) is 0 Å². The summed E-state index contributed by atoms with van der Waals surface area (Å²) in [6.07, 6.45) is 0.197. The maximum absolute atomic E-state index is 12.8. The quantitative estimate of drug-likeness (QED) is 0.743. The molecule has 1 aliphatic rings. The molecular formula is C23H29N3O3. The van der Waals surface area contributed by atoms with Crippen LogP contribution in [0.15, 0.2) is 48.5 Å². The number of rotatable bonds is 8. The van der Waals surface area contributed by atoms with E-state index in [1.165, 1.54) is 0 Å². The average molecular weight is 396 g/mol. The van der Waals surface area contributed by atoms with Crippen molar-refractivity contribution in [1.29, 1.82) is 0 Å². The SMILES string of the molecule is CCN(CC)Cc1cccc(NC(=O)C2CC(=O)N(c3ccccc3OC)C2)c1. The zero-order valence-electron chi connectivity index (χ0n) is 17.4. The minimum Gasteiger partial charge on any atom is -0.495 e. The topological polar surface area (TPSA) is 61.9 Å². The van der Waals surface area contributed by atoms with Gasteiger partial charge in [0.05, 0.1) is 18.7 Å². The number of benzene rings is 2. The molecule has 0 aromatic heterocycles. The predicted molar refractivity (Wildman–Crippen MR) is 115 cm³/mol. The monoisotopic (exact) mass is 395 g/mol. The summed E-state index contributed by atoms with van der Waals surface area (Å²) in [5.74, 6) is 0.0468. The zero-order valence-corrected chi connectivity index (χ0v) is 17.4. The Morgan fingerprint density at radius 3 is 2.66 bits per heavy atom. The Morgan fingerprint density at radius 2 is 1.93 bits per heavy atom. The molecule has 0 saturated carbocycles. The first-order chi connectivity index (χ1) is 14.0. The molecule has 0 radical (unpaired) electrons. The van der Waals surface area contributed by atoms with Gasteiger partial charge in [0.15, 0.2) is 0 Å². The molecule has 1 heterocycles. The molecule has 1 N–H and O–H groups in total. The van der Waals surface area contributed by atoms with Gasteiger partial charge in [-0.25, -0.2) is 0 Å². The van der Waals surface area contributed by atoms with E-state index in [1.54, 1.807) is 12.0 Å². The Bertz CT molecular complexity index is 864. The Balaban J connectivity index is 1.67. The third-order valence-corrected chi connectivity index (χ3v) is 5.37. The Hall–Kier alpha value is -2.86. The Morgan fingerprint density at radius 1 is 1.17 bits per heavy atom. The minimum atomic E-state index is -0.390. The van der Waals surface area contributed by atoms with Gasteiger partial charge >= 0.3 is 0 Å². The van der Waals surface area contributed by atoms with Gasteiger partial charge in [-0.3, -0.25) is 14.5 Å². The fourth-order valence-corrected chi connectivity index (χ4v) is 3.67. The first kappa shape index (κ1) is 20.9. The molecular weight excluding hydrogens is 366 g/mol. The minimum absolute atomic E-state index is 0.0649. The third kappa shape index (κ3) is 4.95. The molecule has 1 fully saturated rings. The lowest BCUT2D eigenvalue weighted by Crippen LogP contribution is -2.28. The fourth-order valence-electron chi connectivity index (χ4n) is 3.67. The second-order valence-electron chi connectivity index (χ2n) is 7.23. The molecule has 6 heteroatoms. The maximum atomic E-state index is 12.8. The molecule has 2 amide bonds. The average Bonchev–Trinajstić information content (AvgIpc) is 3.13. The van der Waals surface area contributed by atoms with Crippen LogP contribution in [0.3, 0.4) is 0 Å². The molecule has 2 aromatic rings. The number of nitrogens with zero attached hydrogens (tertiary/aromatic N) is 2. The summed E-state index contributed by atoms with van der Waals surface area (Å²) in [5.41, 5.74) is 2.63. The van der Waals surface area contributed by atoms with Crippen LogP contribution >= 0.6 is 0 Å². The van der Waals surface area contributed by atoms with Crippen LogP contribution in [0.1, 0.15) is 25.8 Å². The van der Waals surface area contributed by atoms with Crippen molar-refractivity contribution in [2.24, 2.45) is 5.92 Å². The number of ether oxygens (including phenoxy) is 1. The number of para-hydroxylation sites is 2. The number of nitrogens with one attached hydrogen (secondary N) is 1. The highest BCUT2D eigenvalue weighted by atomic mass is 16.5. The summed E-state index contributed by atoms with van der Waals surface area (Å²) in [5, 5.41) is 2.99. The van der Waals surface area contributed by atoms with Crippen molar-refractivity contribution in [1.82, 2.24) is 4.90 Å². The van der Waals surface area contributed by atoms with E-state index in [0.717, 1.165) is 30.9 Å². The van der Waals surface area contributed by atoms with E-state index < -0.39 is 0 Å². The first-order valence-corrected chi connectivity index (χ1v) is 10.1. The van der Waals surface area contributed by atoms with Gasteiger partial charge in [0, 0.05) is 25.2 Å². The molecule has 154 valence electrons. The number of hydrogen-bond donors (Lipinski definition) is 1. The molecule has 2 aromatic carbocycles. The van der Waals surface area contributed by atoms with Gasteiger partial charge < -0.3 is 15.0 Å². The van der Waals surface area contributed by atoms with Crippen molar-refractivity contribution in [2.75, 3.05) is 37.0 Å². The van der Waals surface area contributed by atoms with Crippen LogP contribution in [0, 0.1) is 5.92 Å². The van der Waals surface area contributed by atoms with Crippen LogP contribution < -0.4 is 15.0 Å². The summed E-state index contributed by atoms with van der Waals surface area (Å²) in [6, 6.07) is 15.3. The smallest absolute Gasteiger partial charge is 0.229 e. The molecule has 0 spiro atoms. The highest BCUT2D eigenvalue weighted by Crippen LogP contribution is 2.33. The lowest BCUT2D eigenvalue weighted by atomic mass is 10.1. The molecule has 29 heavy (non-hydrogen) atoms. The van der Waals surface area contributed by atoms with Crippen molar-refractivity contribution >= 4 is 23.2 Å². The largest absolute Gasteiger partial charge is 0.495 e. The predicted octanol–water partition coefficient (Wildman–Crippen LogP) is 3.53. The second kappa shape index (κ2) is 9.56. The summed E-state index contributed by atoms with van der Waals surface area (Å²) >= 11 is 0. The molecule has 1 unspecified atom stereocenters. The van der Waals surface area contributed by atoms with Gasteiger partial charge in [-0.2, -0.15) is 0 Å². The van der Waals surface area contributed by atoms with E-state index in [2.05, 4.69) is 30.1 Å². The van der Waals surface area contributed by atoms with E-state index in [4.69, 9.17) is 4.74 Å². The Kier molecular flexibility index (Phi) is 6.88. The summed E-state index contributed by atoms with van der Waals surface area (Å²) < 4.78 is 5.36. The lowest BCUT2D eigenvalue weighted by Gasteiger charge is -2.20.